The van der Waals surface area contributed by atoms with Crippen LogP contribution in [0.25, 0.3) is 11.2 Å². The standard InChI is InChI=1S/C24H38N4O11P2/c1-10-12(3)20-14(5)36-17(10)8-34-41(32,33)39-21-13(4)11(2)18(9-35-40(30,31)38-20)37-24(21)28-16(7)27-19-22(28)25-15(6)26-23(19)29/h10-14,17-18,20-21,24H,8-9H2,1-7H3,(H,30,31)(H,32,33)(H,25,26,29). The zero-order valence-electron chi connectivity index (χ0n) is 24.0. The van der Waals surface area contributed by atoms with E-state index in [0.717, 1.165) is 0 Å². The zero-order chi connectivity index (χ0) is 30.0. The number of phosphoric ester groups is 2. The van der Waals surface area contributed by atoms with Crippen LogP contribution in [0.4, 0.5) is 0 Å². The molecule has 6 fully saturated rings. The molecule has 2 aromatic heterocycles. The predicted octanol–water partition coefficient (Wildman–Crippen LogP) is 2.98. The molecular weight excluding hydrogens is 582 g/mol. The Labute approximate surface area is 237 Å². The molecule has 0 spiro atoms. The van der Waals surface area contributed by atoms with Gasteiger partial charge in [0.25, 0.3) is 5.56 Å². The molecule has 6 saturated heterocycles. The summed E-state index contributed by atoms with van der Waals surface area (Å²) in [4.78, 5) is 45.6. The van der Waals surface area contributed by atoms with Gasteiger partial charge in [0.05, 0.1) is 37.6 Å². The maximum atomic E-state index is 13.4. The van der Waals surface area contributed by atoms with E-state index in [0.29, 0.717) is 11.6 Å². The van der Waals surface area contributed by atoms with E-state index in [4.69, 9.17) is 27.6 Å². The molecule has 0 aromatic carbocycles. The number of nitrogens with zero attached hydrogens (tertiary/aromatic N) is 3. The van der Waals surface area contributed by atoms with Crippen molar-refractivity contribution >= 4 is 26.8 Å². The molecule has 12 unspecified atom stereocenters. The summed E-state index contributed by atoms with van der Waals surface area (Å²) in [7, 11) is -9.24. The van der Waals surface area contributed by atoms with Crippen LogP contribution >= 0.6 is 15.6 Å². The van der Waals surface area contributed by atoms with Crippen molar-refractivity contribution in [3.05, 3.63) is 22.0 Å². The lowest BCUT2D eigenvalue weighted by Gasteiger charge is -2.46. The van der Waals surface area contributed by atoms with E-state index < -0.39 is 63.9 Å². The lowest BCUT2D eigenvalue weighted by molar-refractivity contribution is -0.208. The summed E-state index contributed by atoms with van der Waals surface area (Å²) in [5.74, 6) is -0.709. The molecule has 6 aliphatic rings. The first-order valence-corrected chi connectivity index (χ1v) is 16.7. The van der Waals surface area contributed by atoms with E-state index in [2.05, 4.69) is 15.0 Å². The van der Waals surface area contributed by atoms with Gasteiger partial charge in [-0.1, -0.05) is 27.7 Å². The summed E-state index contributed by atoms with van der Waals surface area (Å²) in [6.07, 6.45) is -5.02. The maximum Gasteiger partial charge on any atom is 0.472 e. The Morgan fingerprint density at radius 3 is 1.98 bits per heavy atom. The third kappa shape index (κ3) is 5.99. The highest BCUT2D eigenvalue weighted by Gasteiger charge is 2.50. The van der Waals surface area contributed by atoms with Crippen molar-refractivity contribution in [2.75, 3.05) is 13.2 Å². The van der Waals surface area contributed by atoms with E-state index in [1.165, 1.54) is 4.57 Å². The number of hydrogen-bond acceptors (Lipinski definition) is 11. The van der Waals surface area contributed by atoms with Crippen LogP contribution in [0.2, 0.25) is 0 Å². The van der Waals surface area contributed by atoms with Gasteiger partial charge in [-0.25, -0.2) is 19.1 Å². The number of aromatic nitrogens is 4. The Balaban J connectivity index is 1.58. The van der Waals surface area contributed by atoms with Crippen LogP contribution in [0.5, 0.6) is 0 Å². The number of aromatic amines is 1. The van der Waals surface area contributed by atoms with Gasteiger partial charge in [-0.15, -0.1) is 0 Å². The molecule has 12 atom stereocenters. The molecule has 2 aromatic rings. The minimum absolute atomic E-state index is 0.0544. The second-order valence-electron chi connectivity index (χ2n) is 11.4. The smallest absolute Gasteiger partial charge is 0.370 e. The molecule has 3 N–H and O–H groups in total. The third-order valence-electron chi connectivity index (χ3n) is 8.73. The molecule has 230 valence electrons. The lowest BCUT2D eigenvalue weighted by atomic mass is 9.82. The van der Waals surface area contributed by atoms with Gasteiger partial charge in [-0.3, -0.25) is 27.5 Å². The van der Waals surface area contributed by atoms with Gasteiger partial charge < -0.3 is 24.2 Å². The SMILES string of the molecule is Cc1nc2c(nc(C)n2C2OC3COP(=O)(O)OC4C(C)OC(COP(=O)(O)OC2C(C)C3C)C(C)C4C)c(=O)[nH]1. The zero-order valence-corrected chi connectivity index (χ0v) is 25.8. The Kier molecular flexibility index (Phi) is 8.45. The fraction of sp³-hybridized carbons (Fsp3) is 0.792. The first-order valence-electron chi connectivity index (χ1n) is 13.7. The van der Waals surface area contributed by atoms with Gasteiger partial charge in [0.15, 0.2) is 17.4 Å². The van der Waals surface area contributed by atoms with Gasteiger partial charge >= 0.3 is 15.6 Å². The molecule has 6 aliphatic heterocycles. The number of H-pyrrole nitrogens is 1. The average Bonchev–Trinajstić information content (AvgIpc) is 3.21. The Bertz CT molecular complexity index is 1450. The van der Waals surface area contributed by atoms with Gasteiger partial charge in [0.2, 0.25) is 0 Å². The molecule has 17 heteroatoms. The van der Waals surface area contributed by atoms with Gasteiger partial charge in [0.1, 0.15) is 17.8 Å². The Morgan fingerprint density at radius 1 is 0.829 bits per heavy atom. The minimum atomic E-state index is -4.68. The Hall–Kier alpha value is -1.51. The fourth-order valence-corrected chi connectivity index (χ4v) is 8.02. The number of ether oxygens (including phenoxy) is 2. The lowest BCUT2D eigenvalue weighted by Crippen LogP contribution is -2.51. The molecule has 0 radical (unpaired) electrons. The maximum absolute atomic E-state index is 13.4. The van der Waals surface area contributed by atoms with Crippen LogP contribution < -0.4 is 5.56 Å². The van der Waals surface area contributed by atoms with Crippen molar-refractivity contribution in [3.8, 4) is 0 Å². The number of aryl methyl sites for hydroxylation is 2. The van der Waals surface area contributed by atoms with Crippen LogP contribution in [-0.4, -0.2) is 73.0 Å². The van der Waals surface area contributed by atoms with Crippen LogP contribution in [0.15, 0.2) is 4.79 Å². The Morgan fingerprint density at radius 2 is 1.37 bits per heavy atom. The van der Waals surface area contributed by atoms with Gasteiger partial charge in [0, 0.05) is 0 Å². The minimum Gasteiger partial charge on any atom is -0.370 e. The summed E-state index contributed by atoms with van der Waals surface area (Å²) in [5.41, 5.74) is -0.218. The summed E-state index contributed by atoms with van der Waals surface area (Å²) >= 11 is 0. The van der Waals surface area contributed by atoms with E-state index >= 15 is 0 Å². The highest BCUT2D eigenvalue weighted by Crippen LogP contribution is 2.54. The van der Waals surface area contributed by atoms with Crippen LogP contribution in [0.3, 0.4) is 0 Å². The van der Waals surface area contributed by atoms with Crippen molar-refractivity contribution in [2.24, 2.45) is 23.7 Å². The van der Waals surface area contributed by atoms with Crippen molar-refractivity contribution in [1.82, 2.24) is 19.5 Å². The fourth-order valence-electron chi connectivity index (χ4n) is 5.95. The van der Waals surface area contributed by atoms with Crippen LogP contribution in [0.1, 0.15) is 52.5 Å². The number of hydrogen-bond donors (Lipinski definition) is 3. The average molecular weight is 621 g/mol. The summed E-state index contributed by atoms with van der Waals surface area (Å²) < 4.78 is 62.7. The largest absolute Gasteiger partial charge is 0.472 e. The summed E-state index contributed by atoms with van der Waals surface area (Å²) in [6.45, 7) is 11.6. The molecule has 4 bridgehead atoms. The molecule has 0 aliphatic carbocycles. The summed E-state index contributed by atoms with van der Waals surface area (Å²) in [5, 5.41) is 0. The normalized spacial score (nSPS) is 44.4. The van der Waals surface area contributed by atoms with Crippen LogP contribution in [0, 0.1) is 37.5 Å². The van der Waals surface area contributed by atoms with Gasteiger partial charge in [-0.2, -0.15) is 0 Å². The number of nitrogens with one attached hydrogen (secondary N) is 1. The molecule has 0 saturated carbocycles. The third-order valence-corrected chi connectivity index (χ3v) is 10.7. The first-order chi connectivity index (χ1) is 19.1. The highest BCUT2D eigenvalue weighted by molar-refractivity contribution is 7.47. The van der Waals surface area contributed by atoms with E-state index in [1.807, 2.05) is 20.8 Å². The quantitative estimate of drug-likeness (QED) is 0.394. The van der Waals surface area contributed by atoms with Crippen molar-refractivity contribution in [1.29, 1.82) is 0 Å². The molecule has 8 heterocycles. The topological polar surface area (TPSA) is 194 Å². The second kappa shape index (κ2) is 11.2. The molecule has 8 rings (SSSR count). The molecule has 0 amide bonds. The van der Waals surface area contributed by atoms with E-state index in [-0.39, 0.29) is 42.1 Å². The van der Waals surface area contributed by atoms with Crippen molar-refractivity contribution in [2.45, 2.75) is 85.2 Å². The monoisotopic (exact) mass is 620 g/mol. The van der Waals surface area contributed by atoms with E-state index in [1.54, 1.807) is 27.7 Å². The highest BCUT2D eigenvalue weighted by atomic mass is 31.2. The number of fused-ring (bicyclic) bond motifs is 1. The van der Waals surface area contributed by atoms with Crippen molar-refractivity contribution < 1.29 is 46.5 Å². The van der Waals surface area contributed by atoms with E-state index in [9.17, 15) is 23.7 Å². The van der Waals surface area contributed by atoms with Gasteiger partial charge in [-0.05, 0) is 44.4 Å². The number of phosphoric acid groups is 2. The molecular formula is C24H38N4O11P2. The van der Waals surface area contributed by atoms with Crippen molar-refractivity contribution in [3.63, 3.8) is 0 Å². The molecule has 15 nitrogen and oxygen atoms in total. The predicted molar refractivity (Wildman–Crippen MR) is 144 cm³/mol. The number of rotatable bonds is 1. The molecule has 41 heavy (non-hydrogen) atoms. The van der Waals surface area contributed by atoms with Crippen LogP contribution in [-0.2, 0) is 36.7 Å². The second-order valence-corrected chi connectivity index (χ2v) is 14.2. The summed E-state index contributed by atoms with van der Waals surface area (Å²) in [6, 6.07) is 0. The number of imidazole rings is 1. The first kappa shape index (κ1) is 30.9.